The molecule has 0 spiro atoms. The van der Waals surface area contributed by atoms with Crippen molar-refractivity contribution in [2.24, 2.45) is 0 Å². The summed E-state index contributed by atoms with van der Waals surface area (Å²) in [6.45, 7) is 3.78. The standard InChI is InChI=1S/C11H19N5O/c1-4-16(8-11(17)15(2)3)7-9-5-14-10(12)6-13-9/h5-6H,4,7-8H2,1-3H3,(H2,12,14). The molecule has 17 heavy (non-hydrogen) atoms. The Hall–Kier alpha value is -1.69. The molecule has 0 bridgehead atoms. The molecule has 0 radical (unpaired) electrons. The van der Waals surface area contributed by atoms with Crippen molar-refractivity contribution < 1.29 is 4.79 Å². The van der Waals surface area contributed by atoms with Crippen molar-refractivity contribution in [3.05, 3.63) is 18.1 Å². The fourth-order valence-corrected chi connectivity index (χ4v) is 1.29. The van der Waals surface area contributed by atoms with Gasteiger partial charge in [-0.25, -0.2) is 4.98 Å². The quantitative estimate of drug-likeness (QED) is 0.778. The number of carbonyl (C=O) groups excluding carboxylic acids is 1. The Morgan fingerprint density at radius 3 is 2.53 bits per heavy atom. The number of likely N-dealkylation sites (N-methyl/N-ethyl adjacent to an activating group) is 2. The van der Waals surface area contributed by atoms with E-state index in [0.717, 1.165) is 12.2 Å². The van der Waals surface area contributed by atoms with Gasteiger partial charge in [0.15, 0.2) is 0 Å². The number of aromatic nitrogens is 2. The molecule has 1 aromatic rings. The number of nitrogens with zero attached hydrogens (tertiary/aromatic N) is 4. The number of nitrogens with two attached hydrogens (primary N) is 1. The normalized spacial score (nSPS) is 10.6. The van der Waals surface area contributed by atoms with E-state index in [1.807, 2.05) is 11.8 Å². The van der Waals surface area contributed by atoms with Crippen LogP contribution in [0.3, 0.4) is 0 Å². The molecular weight excluding hydrogens is 218 g/mol. The first-order valence-corrected chi connectivity index (χ1v) is 5.51. The van der Waals surface area contributed by atoms with Crippen LogP contribution in [0.15, 0.2) is 12.4 Å². The van der Waals surface area contributed by atoms with Gasteiger partial charge in [-0.2, -0.15) is 0 Å². The molecular formula is C11H19N5O. The van der Waals surface area contributed by atoms with Crippen LogP contribution in [0.2, 0.25) is 0 Å². The van der Waals surface area contributed by atoms with Crippen LogP contribution in [-0.4, -0.2) is 52.9 Å². The van der Waals surface area contributed by atoms with Gasteiger partial charge in [-0.05, 0) is 6.54 Å². The molecule has 6 heteroatoms. The van der Waals surface area contributed by atoms with Crippen molar-refractivity contribution in [1.29, 1.82) is 0 Å². The lowest BCUT2D eigenvalue weighted by Crippen LogP contribution is -2.36. The van der Waals surface area contributed by atoms with Gasteiger partial charge in [0.25, 0.3) is 0 Å². The highest BCUT2D eigenvalue weighted by molar-refractivity contribution is 5.77. The molecule has 2 N–H and O–H groups in total. The number of anilines is 1. The van der Waals surface area contributed by atoms with Gasteiger partial charge < -0.3 is 10.6 Å². The zero-order chi connectivity index (χ0) is 12.8. The Kier molecular flexibility index (Phi) is 4.84. The highest BCUT2D eigenvalue weighted by Crippen LogP contribution is 2.02. The van der Waals surface area contributed by atoms with Crippen molar-refractivity contribution in [1.82, 2.24) is 19.8 Å². The first-order valence-electron chi connectivity index (χ1n) is 5.51. The maximum atomic E-state index is 11.6. The van der Waals surface area contributed by atoms with Gasteiger partial charge in [-0.1, -0.05) is 6.92 Å². The molecule has 1 rings (SSSR count). The Balaban J connectivity index is 2.57. The zero-order valence-electron chi connectivity index (χ0n) is 10.6. The van der Waals surface area contributed by atoms with E-state index in [1.165, 1.54) is 6.20 Å². The van der Waals surface area contributed by atoms with Gasteiger partial charge in [0, 0.05) is 20.6 Å². The molecule has 1 aromatic heterocycles. The van der Waals surface area contributed by atoms with Gasteiger partial charge in [-0.15, -0.1) is 0 Å². The topological polar surface area (TPSA) is 75.4 Å². The molecule has 0 aliphatic rings. The van der Waals surface area contributed by atoms with Crippen LogP contribution in [0.1, 0.15) is 12.6 Å². The summed E-state index contributed by atoms with van der Waals surface area (Å²) in [5, 5.41) is 0. The van der Waals surface area contributed by atoms with E-state index in [1.54, 1.807) is 25.2 Å². The van der Waals surface area contributed by atoms with Crippen molar-refractivity contribution in [3.8, 4) is 0 Å². The number of nitrogen functional groups attached to an aromatic ring is 1. The average molecular weight is 237 g/mol. The van der Waals surface area contributed by atoms with Crippen molar-refractivity contribution in [2.45, 2.75) is 13.5 Å². The summed E-state index contributed by atoms with van der Waals surface area (Å²) in [5.41, 5.74) is 6.28. The number of hydrogen-bond donors (Lipinski definition) is 1. The van der Waals surface area contributed by atoms with Crippen LogP contribution in [-0.2, 0) is 11.3 Å². The Bertz CT molecular complexity index is 363. The van der Waals surface area contributed by atoms with Gasteiger partial charge in [0.1, 0.15) is 5.82 Å². The summed E-state index contributed by atoms with van der Waals surface area (Å²) in [4.78, 5) is 23.3. The molecule has 6 nitrogen and oxygen atoms in total. The zero-order valence-corrected chi connectivity index (χ0v) is 10.6. The molecule has 0 aliphatic carbocycles. The van der Waals surface area contributed by atoms with Crippen molar-refractivity contribution in [3.63, 3.8) is 0 Å². The summed E-state index contributed by atoms with van der Waals surface area (Å²) in [6.07, 6.45) is 3.16. The SMILES string of the molecule is CCN(CC(=O)N(C)C)Cc1cnc(N)cn1. The minimum atomic E-state index is 0.0789. The summed E-state index contributed by atoms with van der Waals surface area (Å²) < 4.78 is 0. The fourth-order valence-electron chi connectivity index (χ4n) is 1.29. The maximum absolute atomic E-state index is 11.6. The largest absolute Gasteiger partial charge is 0.382 e. The van der Waals surface area contributed by atoms with E-state index in [4.69, 9.17) is 5.73 Å². The van der Waals surface area contributed by atoms with Crippen molar-refractivity contribution in [2.75, 3.05) is 32.9 Å². The molecule has 0 aliphatic heterocycles. The highest BCUT2D eigenvalue weighted by atomic mass is 16.2. The summed E-state index contributed by atoms with van der Waals surface area (Å²) in [5.74, 6) is 0.483. The lowest BCUT2D eigenvalue weighted by Gasteiger charge is -2.21. The molecule has 1 amide bonds. The third kappa shape index (κ3) is 4.36. The third-order valence-electron chi connectivity index (χ3n) is 2.42. The first-order chi connectivity index (χ1) is 8.02. The van der Waals surface area contributed by atoms with Crippen LogP contribution < -0.4 is 5.73 Å². The van der Waals surface area contributed by atoms with E-state index in [0.29, 0.717) is 18.9 Å². The van der Waals surface area contributed by atoms with Gasteiger partial charge >= 0.3 is 0 Å². The van der Waals surface area contributed by atoms with Gasteiger partial charge in [0.2, 0.25) is 5.91 Å². The van der Waals surface area contributed by atoms with E-state index in [-0.39, 0.29) is 5.91 Å². The molecule has 0 saturated heterocycles. The Morgan fingerprint density at radius 1 is 1.35 bits per heavy atom. The van der Waals surface area contributed by atoms with Gasteiger partial charge in [0.05, 0.1) is 24.6 Å². The molecule has 0 fully saturated rings. The van der Waals surface area contributed by atoms with Gasteiger partial charge in [-0.3, -0.25) is 14.7 Å². The second-order valence-corrected chi connectivity index (χ2v) is 4.02. The predicted molar refractivity (Wildman–Crippen MR) is 66.1 cm³/mol. The molecule has 0 atom stereocenters. The minimum Gasteiger partial charge on any atom is -0.382 e. The highest BCUT2D eigenvalue weighted by Gasteiger charge is 2.11. The van der Waals surface area contributed by atoms with Crippen LogP contribution in [0, 0.1) is 0 Å². The Labute approximate surface area is 101 Å². The molecule has 1 heterocycles. The van der Waals surface area contributed by atoms with Crippen LogP contribution >= 0.6 is 0 Å². The first kappa shape index (κ1) is 13.4. The molecule has 94 valence electrons. The maximum Gasteiger partial charge on any atom is 0.236 e. The number of hydrogen-bond acceptors (Lipinski definition) is 5. The second-order valence-electron chi connectivity index (χ2n) is 4.02. The number of rotatable bonds is 5. The lowest BCUT2D eigenvalue weighted by atomic mass is 10.3. The number of carbonyl (C=O) groups is 1. The van der Waals surface area contributed by atoms with E-state index < -0.39 is 0 Å². The van der Waals surface area contributed by atoms with Crippen molar-refractivity contribution >= 4 is 11.7 Å². The monoisotopic (exact) mass is 237 g/mol. The van der Waals surface area contributed by atoms with E-state index >= 15 is 0 Å². The Morgan fingerprint density at radius 2 is 2.06 bits per heavy atom. The minimum absolute atomic E-state index is 0.0789. The second kappa shape index (κ2) is 6.15. The fraction of sp³-hybridized carbons (Fsp3) is 0.545. The molecule has 0 aromatic carbocycles. The van der Waals surface area contributed by atoms with E-state index in [9.17, 15) is 4.79 Å². The lowest BCUT2D eigenvalue weighted by molar-refractivity contribution is -0.130. The predicted octanol–water partition coefficient (Wildman–Crippen LogP) is -0.0311. The summed E-state index contributed by atoms with van der Waals surface area (Å²) in [7, 11) is 3.50. The van der Waals surface area contributed by atoms with Crippen LogP contribution in [0.4, 0.5) is 5.82 Å². The third-order valence-corrected chi connectivity index (χ3v) is 2.42. The van der Waals surface area contributed by atoms with Crippen LogP contribution in [0.25, 0.3) is 0 Å². The average Bonchev–Trinajstić information content (AvgIpc) is 2.30. The van der Waals surface area contributed by atoms with Crippen LogP contribution in [0.5, 0.6) is 0 Å². The molecule has 0 unspecified atom stereocenters. The summed E-state index contributed by atoms with van der Waals surface area (Å²) >= 11 is 0. The smallest absolute Gasteiger partial charge is 0.236 e. The van der Waals surface area contributed by atoms with E-state index in [2.05, 4.69) is 9.97 Å². The number of amides is 1. The summed E-state index contributed by atoms with van der Waals surface area (Å²) in [6, 6.07) is 0. The molecule has 0 saturated carbocycles.